The highest BCUT2D eigenvalue weighted by atomic mass is 35.7. The Morgan fingerprint density at radius 1 is 1.64 bits per heavy atom. The molecule has 0 aromatic rings. The zero-order valence-electron chi connectivity index (χ0n) is 6.39. The van der Waals surface area contributed by atoms with E-state index in [0.717, 1.165) is 11.8 Å². The number of thiocarbonyl (C=S) groups is 1. The molecule has 0 atom stereocenters. The smallest absolute Gasteiger partial charge is 0.272 e. The molecule has 0 saturated carbocycles. The average molecular weight is 275 g/mol. The molecule has 0 spiro atoms. The maximum atomic E-state index is 11.0. The molecule has 1 rings (SSSR count). The van der Waals surface area contributed by atoms with Gasteiger partial charge in [0.2, 0.25) is 0 Å². The first kappa shape index (κ1) is 11.7. The van der Waals surface area contributed by atoms with Crippen LogP contribution in [0.4, 0.5) is 4.79 Å². The molecule has 1 fully saturated rings. The fraction of sp³-hybridized carbons (Fsp3) is 0.250. The minimum Gasteiger partial charge on any atom is -0.272 e. The molecular formula is C4H3ClN2O4S3. The Hall–Kier alpha value is -0.380. The van der Waals surface area contributed by atoms with E-state index in [1.165, 1.54) is 0 Å². The summed E-state index contributed by atoms with van der Waals surface area (Å²) in [5.74, 6) is -0.421. The Morgan fingerprint density at radius 3 is 2.57 bits per heavy atom. The molecule has 14 heavy (non-hydrogen) atoms. The summed E-state index contributed by atoms with van der Waals surface area (Å²) in [4.78, 5) is 21.8. The summed E-state index contributed by atoms with van der Waals surface area (Å²) in [6, 6.07) is 0. The lowest BCUT2D eigenvalue weighted by atomic mass is 10.7. The summed E-state index contributed by atoms with van der Waals surface area (Å²) in [5, 5.41) is -0.792. The van der Waals surface area contributed by atoms with Gasteiger partial charge >= 0.3 is 14.3 Å². The highest BCUT2D eigenvalue weighted by Crippen LogP contribution is 2.17. The number of carbonyl (C=O) groups is 2. The molecule has 0 bridgehead atoms. The van der Waals surface area contributed by atoms with Gasteiger partial charge < -0.3 is 0 Å². The molecule has 1 heterocycles. The molecule has 78 valence electrons. The molecular weight excluding hydrogens is 272 g/mol. The van der Waals surface area contributed by atoms with E-state index in [4.69, 9.17) is 10.7 Å². The maximum absolute atomic E-state index is 11.0. The summed E-state index contributed by atoms with van der Waals surface area (Å²) in [6.45, 7) is 0. The summed E-state index contributed by atoms with van der Waals surface area (Å²) in [5.41, 5.74) is 1.78. The van der Waals surface area contributed by atoms with Crippen LogP contribution >= 0.6 is 34.7 Å². The van der Waals surface area contributed by atoms with Crippen molar-refractivity contribution < 1.29 is 18.0 Å². The van der Waals surface area contributed by atoms with Gasteiger partial charge in [-0.05, 0) is 0 Å². The first-order valence-electron chi connectivity index (χ1n) is 3.07. The Morgan fingerprint density at radius 2 is 2.21 bits per heavy atom. The highest BCUT2D eigenvalue weighted by Gasteiger charge is 2.31. The van der Waals surface area contributed by atoms with E-state index in [1.807, 2.05) is 0 Å². The van der Waals surface area contributed by atoms with Crippen LogP contribution in [0.3, 0.4) is 0 Å². The largest absolute Gasteiger partial charge is 0.370 e. The molecule has 1 saturated heterocycles. The highest BCUT2D eigenvalue weighted by molar-refractivity contribution is 8.25. The second-order valence-corrected chi connectivity index (χ2v) is 6.20. The number of nitrogens with one attached hydrogen (secondary N) is 1. The fourth-order valence-electron chi connectivity index (χ4n) is 0.608. The van der Waals surface area contributed by atoms with E-state index in [2.05, 4.69) is 12.2 Å². The van der Waals surface area contributed by atoms with Crippen LogP contribution in [0, 0.1) is 0 Å². The number of hydrogen-bond donors (Lipinski definition) is 1. The number of rotatable bonds is 1. The van der Waals surface area contributed by atoms with Gasteiger partial charge in [-0.2, -0.15) is 0 Å². The van der Waals surface area contributed by atoms with Gasteiger partial charge in [-0.15, -0.1) is 0 Å². The quantitative estimate of drug-likeness (QED) is 0.537. The van der Waals surface area contributed by atoms with Crippen LogP contribution in [0.2, 0.25) is 0 Å². The van der Waals surface area contributed by atoms with Gasteiger partial charge in [0.15, 0.2) is 4.32 Å². The van der Waals surface area contributed by atoms with Gasteiger partial charge in [0.25, 0.3) is 5.91 Å². The second kappa shape index (κ2) is 4.01. The zero-order valence-corrected chi connectivity index (χ0v) is 9.60. The molecule has 0 radical (unpaired) electrons. The first-order valence-corrected chi connectivity index (χ1v) is 6.77. The monoisotopic (exact) mass is 274 g/mol. The Kier molecular flexibility index (Phi) is 3.35. The van der Waals surface area contributed by atoms with Gasteiger partial charge in [0.05, 0.1) is 5.75 Å². The molecule has 0 unspecified atom stereocenters. The number of amides is 2. The van der Waals surface area contributed by atoms with Crippen molar-refractivity contribution >= 4 is 59.2 Å². The van der Waals surface area contributed by atoms with Gasteiger partial charge in [-0.1, -0.05) is 24.0 Å². The van der Waals surface area contributed by atoms with Crippen LogP contribution in [0.5, 0.6) is 0 Å². The van der Waals surface area contributed by atoms with Crippen LogP contribution in [0.25, 0.3) is 0 Å². The third-order valence-corrected chi connectivity index (χ3v) is 3.49. The van der Waals surface area contributed by atoms with E-state index >= 15 is 0 Å². The third kappa shape index (κ3) is 2.56. The lowest BCUT2D eigenvalue weighted by molar-refractivity contribution is -0.125. The number of thioether (sulfide) groups is 1. The van der Waals surface area contributed by atoms with E-state index in [0.29, 0.717) is 5.01 Å². The van der Waals surface area contributed by atoms with Crippen molar-refractivity contribution in [3.05, 3.63) is 0 Å². The molecule has 10 heteroatoms. The minimum absolute atomic E-state index is 0.0709. The van der Waals surface area contributed by atoms with E-state index in [1.54, 1.807) is 5.43 Å². The summed E-state index contributed by atoms with van der Waals surface area (Å²) in [7, 11) is 0.352. The van der Waals surface area contributed by atoms with Gasteiger partial charge in [-0.3, -0.25) is 9.59 Å². The molecule has 2 amide bonds. The van der Waals surface area contributed by atoms with Crippen molar-refractivity contribution in [2.75, 3.05) is 5.75 Å². The topological polar surface area (TPSA) is 83.6 Å². The number of nitrogens with zero attached hydrogens (tertiary/aromatic N) is 1. The van der Waals surface area contributed by atoms with Crippen LogP contribution in [-0.2, 0) is 13.8 Å². The molecule has 1 aliphatic heterocycles. The zero-order chi connectivity index (χ0) is 10.9. The van der Waals surface area contributed by atoms with Gasteiger partial charge in [0.1, 0.15) is 0 Å². The molecule has 1 aliphatic rings. The fourth-order valence-corrected chi connectivity index (χ4v) is 1.89. The lowest BCUT2D eigenvalue weighted by Gasteiger charge is -2.13. The average Bonchev–Trinajstić information content (AvgIpc) is 2.34. The number of hydrazine groups is 1. The van der Waals surface area contributed by atoms with E-state index < -0.39 is 20.2 Å². The predicted molar refractivity (Wildman–Crippen MR) is 55.2 cm³/mol. The third-order valence-electron chi connectivity index (χ3n) is 1.18. The van der Waals surface area contributed by atoms with Gasteiger partial charge in [-0.25, -0.2) is 18.9 Å². The summed E-state index contributed by atoms with van der Waals surface area (Å²) in [6.07, 6.45) is 0. The lowest BCUT2D eigenvalue weighted by Crippen LogP contribution is -2.46. The van der Waals surface area contributed by atoms with E-state index in [9.17, 15) is 18.0 Å². The molecule has 0 aliphatic carbocycles. The predicted octanol–water partition coefficient (Wildman–Crippen LogP) is 0.0399. The Balaban J connectivity index is 2.75. The van der Waals surface area contributed by atoms with Crippen molar-refractivity contribution in [2.45, 2.75) is 0 Å². The van der Waals surface area contributed by atoms with Crippen LogP contribution in [0.1, 0.15) is 0 Å². The Labute approximate surface area is 93.3 Å². The number of hydrogen-bond acceptors (Lipinski definition) is 6. The maximum Gasteiger partial charge on any atom is 0.370 e. The first-order chi connectivity index (χ1) is 6.32. The van der Waals surface area contributed by atoms with Crippen LogP contribution < -0.4 is 5.43 Å². The minimum atomic E-state index is -4.38. The molecule has 0 aromatic carbocycles. The normalized spacial score (nSPS) is 17.4. The van der Waals surface area contributed by atoms with Crippen LogP contribution in [-0.4, -0.2) is 34.6 Å². The summed E-state index contributed by atoms with van der Waals surface area (Å²) >= 11 is 5.70. The van der Waals surface area contributed by atoms with Crippen molar-refractivity contribution in [2.24, 2.45) is 0 Å². The van der Waals surface area contributed by atoms with Crippen LogP contribution in [0.15, 0.2) is 0 Å². The Bertz CT molecular complexity index is 389. The molecule has 6 nitrogen and oxygen atoms in total. The number of carbonyl (C=O) groups excluding carboxylic acids is 2. The van der Waals surface area contributed by atoms with Crippen molar-refractivity contribution in [1.29, 1.82) is 0 Å². The number of halogens is 1. The second-order valence-electron chi connectivity index (χ2n) is 2.12. The molecule has 1 N–H and O–H groups in total. The summed E-state index contributed by atoms with van der Waals surface area (Å²) < 4.78 is 21.1. The van der Waals surface area contributed by atoms with Crippen molar-refractivity contribution in [3.63, 3.8) is 0 Å². The standard InChI is InChI=1S/C4H3ClN2O4S3/c5-14(10,11)3(9)6-7-2(8)1-13-4(7)12/h1H2,(H,6,9). The van der Waals surface area contributed by atoms with Crippen molar-refractivity contribution in [3.8, 4) is 0 Å². The van der Waals surface area contributed by atoms with Gasteiger partial charge in [0, 0.05) is 10.7 Å². The SMILES string of the molecule is O=C1CSC(=S)N1NC(=O)S(=O)(=O)Cl. The molecule has 0 aromatic heterocycles. The van der Waals surface area contributed by atoms with E-state index in [-0.39, 0.29) is 10.1 Å². The van der Waals surface area contributed by atoms with Crippen molar-refractivity contribution in [1.82, 2.24) is 10.4 Å².